The summed E-state index contributed by atoms with van der Waals surface area (Å²) in [5, 5.41) is 3.88. The highest BCUT2D eigenvalue weighted by Crippen LogP contribution is 2.18. The van der Waals surface area contributed by atoms with Crippen molar-refractivity contribution in [2.75, 3.05) is 23.7 Å². The Labute approximate surface area is 159 Å². The minimum atomic E-state index is -3.61. The maximum absolute atomic E-state index is 12.1. The molecule has 7 nitrogen and oxygen atoms in total. The van der Waals surface area contributed by atoms with Crippen LogP contribution in [0.1, 0.15) is 18.1 Å². The van der Waals surface area contributed by atoms with E-state index in [0.29, 0.717) is 12.3 Å². The van der Waals surface area contributed by atoms with Crippen molar-refractivity contribution in [3.63, 3.8) is 0 Å². The van der Waals surface area contributed by atoms with E-state index in [1.165, 1.54) is 6.21 Å². The molecule has 1 amide bonds. The average Bonchev–Trinajstić information content (AvgIpc) is 2.60. The van der Waals surface area contributed by atoms with E-state index in [2.05, 4.69) is 10.5 Å². The molecule has 0 radical (unpaired) electrons. The van der Waals surface area contributed by atoms with Gasteiger partial charge in [-0.25, -0.2) is 13.8 Å². The van der Waals surface area contributed by atoms with Crippen molar-refractivity contribution in [2.24, 2.45) is 5.10 Å². The molecular formula is C19H23N3O4S. The molecule has 0 spiro atoms. The lowest BCUT2D eigenvalue weighted by Crippen LogP contribution is -2.39. The molecule has 0 aliphatic heterocycles. The molecule has 0 saturated heterocycles. The van der Waals surface area contributed by atoms with Crippen LogP contribution in [0.15, 0.2) is 53.6 Å². The molecule has 0 aromatic heterocycles. The molecule has 0 aliphatic carbocycles. The number of benzene rings is 2. The third-order valence-electron chi connectivity index (χ3n) is 3.57. The van der Waals surface area contributed by atoms with Gasteiger partial charge in [0.15, 0.2) is 0 Å². The first-order valence-corrected chi connectivity index (χ1v) is 10.2. The summed E-state index contributed by atoms with van der Waals surface area (Å²) in [6, 6.07) is 14.1. The maximum Gasteiger partial charge on any atom is 0.260 e. The van der Waals surface area contributed by atoms with Crippen LogP contribution < -0.4 is 14.5 Å². The molecule has 144 valence electrons. The SMILES string of the molecule is CCOc1ccc(/C=N/NC(=O)CN(c2cccc(C)c2)S(C)(=O)=O)cc1. The third-order valence-corrected chi connectivity index (χ3v) is 4.71. The lowest BCUT2D eigenvalue weighted by Gasteiger charge is -2.21. The number of sulfonamides is 1. The molecule has 0 atom stereocenters. The number of nitrogens with zero attached hydrogens (tertiary/aromatic N) is 2. The number of hydrogen-bond donors (Lipinski definition) is 1. The first kappa shape index (κ1) is 20.4. The Hall–Kier alpha value is -2.87. The van der Waals surface area contributed by atoms with Crippen LogP contribution >= 0.6 is 0 Å². The van der Waals surface area contributed by atoms with E-state index in [-0.39, 0.29) is 6.54 Å². The van der Waals surface area contributed by atoms with E-state index in [1.807, 2.05) is 19.9 Å². The number of ether oxygens (including phenoxy) is 1. The molecule has 27 heavy (non-hydrogen) atoms. The number of hydrazone groups is 1. The van der Waals surface area contributed by atoms with Crippen molar-refractivity contribution in [3.8, 4) is 5.75 Å². The Kier molecular flexibility index (Phi) is 6.95. The molecule has 0 aliphatic rings. The van der Waals surface area contributed by atoms with Crippen molar-refractivity contribution >= 4 is 27.8 Å². The van der Waals surface area contributed by atoms with Crippen molar-refractivity contribution in [1.29, 1.82) is 0 Å². The van der Waals surface area contributed by atoms with E-state index in [0.717, 1.165) is 27.4 Å². The van der Waals surface area contributed by atoms with Crippen molar-refractivity contribution < 1.29 is 17.9 Å². The first-order valence-electron chi connectivity index (χ1n) is 8.38. The summed E-state index contributed by atoms with van der Waals surface area (Å²) in [4.78, 5) is 12.1. The quantitative estimate of drug-likeness (QED) is 0.554. The van der Waals surface area contributed by atoms with Gasteiger partial charge in [-0.3, -0.25) is 9.10 Å². The summed E-state index contributed by atoms with van der Waals surface area (Å²) in [6.07, 6.45) is 2.54. The molecule has 2 rings (SSSR count). The molecule has 2 aromatic carbocycles. The zero-order chi connectivity index (χ0) is 19.9. The van der Waals surface area contributed by atoms with Crippen LogP contribution in [0, 0.1) is 6.92 Å². The number of nitrogens with one attached hydrogen (secondary N) is 1. The number of aryl methyl sites for hydroxylation is 1. The topological polar surface area (TPSA) is 88.1 Å². The molecule has 2 aromatic rings. The summed E-state index contributed by atoms with van der Waals surface area (Å²) in [7, 11) is -3.61. The molecule has 0 bridgehead atoms. The third kappa shape index (κ3) is 6.41. The smallest absolute Gasteiger partial charge is 0.260 e. The predicted molar refractivity (Wildman–Crippen MR) is 107 cm³/mol. The Morgan fingerprint density at radius 2 is 1.93 bits per heavy atom. The molecule has 1 N–H and O–H groups in total. The Morgan fingerprint density at radius 3 is 2.52 bits per heavy atom. The van der Waals surface area contributed by atoms with Gasteiger partial charge in [-0.15, -0.1) is 0 Å². The van der Waals surface area contributed by atoms with E-state index >= 15 is 0 Å². The van der Waals surface area contributed by atoms with Gasteiger partial charge in [0, 0.05) is 0 Å². The molecule has 0 heterocycles. The molecular weight excluding hydrogens is 366 g/mol. The van der Waals surface area contributed by atoms with Crippen LogP contribution in [0.25, 0.3) is 0 Å². The lowest BCUT2D eigenvalue weighted by molar-refractivity contribution is -0.119. The van der Waals surface area contributed by atoms with E-state index < -0.39 is 15.9 Å². The zero-order valence-electron chi connectivity index (χ0n) is 15.5. The van der Waals surface area contributed by atoms with Gasteiger partial charge in [-0.2, -0.15) is 5.10 Å². The highest BCUT2D eigenvalue weighted by Gasteiger charge is 2.20. The van der Waals surface area contributed by atoms with Crippen molar-refractivity contribution in [2.45, 2.75) is 13.8 Å². The first-order chi connectivity index (χ1) is 12.8. The predicted octanol–water partition coefficient (Wildman–Crippen LogP) is 2.31. The lowest BCUT2D eigenvalue weighted by atomic mass is 10.2. The van der Waals surface area contributed by atoms with Crippen molar-refractivity contribution in [3.05, 3.63) is 59.7 Å². The minimum Gasteiger partial charge on any atom is -0.494 e. The minimum absolute atomic E-state index is 0.358. The zero-order valence-corrected chi connectivity index (χ0v) is 16.4. The Bertz CT molecular complexity index is 909. The van der Waals surface area contributed by atoms with Crippen LogP contribution in [0.2, 0.25) is 0 Å². The summed E-state index contributed by atoms with van der Waals surface area (Å²) in [5.74, 6) is 0.213. The van der Waals surface area contributed by atoms with E-state index in [4.69, 9.17) is 4.74 Å². The van der Waals surface area contributed by atoms with Gasteiger partial charge in [-0.1, -0.05) is 12.1 Å². The van der Waals surface area contributed by atoms with Gasteiger partial charge in [-0.05, 0) is 61.4 Å². The number of carbonyl (C=O) groups excluding carboxylic acids is 1. The second-order valence-corrected chi connectivity index (χ2v) is 7.81. The largest absolute Gasteiger partial charge is 0.494 e. The van der Waals surface area contributed by atoms with E-state index in [9.17, 15) is 13.2 Å². The summed E-state index contributed by atoms with van der Waals surface area (Å²) < 4.78 is 30.5. The van der Waals surface area contributed by atoms with Gasteiger partial charge >= 0.3 is 0 Å². The fourth-order valence-electron chi connectivity index (χ4n) is 2.34. The fourth-order valence-corrected chi connectivity index (χ4v) is 3.19. The summed E-state index contributed by atoms with van der Waals surface area (Å²) >= 11 is 0. The van der Waals surface area contributed by atoms with Crippen LogP contribution in [-0.2, 0) is 14.8 Å². The molecule has 0 fully saturated rings. The maximum atomic E-state index is 12.1. The standard InChI is InChI=1S/C19H23N3O4S/c1-4-26-18-10-8-16(9-11-18)13-20-21-19(23)14-22(27(3,24)25)17-7-5-6-15(2)12-17/h5-13H,4,14H2,1-3H3,(H,21,23)/b20-13+. The summed E-state index contributed by atoms with van der Waals surface area (Å²) in [5.41, 5.74) is 4.46. The second kappa shape index (κ2) is 9.18. The molecule has 0 saturated carbocycles. The van der Waals surface area contributed by atoms with E-state index in [1.54, 1.807) is 42.5 Å². The van der Waals surface area contributed by atoms with Crippen LogP contribution in [0.4, 0.5) is 5.69 Å². The highest BCUT2D eigenvalue weighted by molar-refractivity contribution is 7.92. The second-order valence-electron chi connectivity index (χ2n) is 5.90. The number of amides is 1. The van der Waals surface area contributed by atoms with Crippen LogP contribution in [0.3, 0.4) is 0 Å². The molecule has 8 heteroatoms. The Morgan fingerprint density at radius 1 is 1.22 bits per heavy atom. The normalized spacial score (nSPS) is 11.4. The van der Waals surface area contributed by atoms with Gasteiger partial charge in [0.05, 0.1) is 24.8 Å². The summed E-state index contributed by atoms with van der Waals surface area (Å²) in [6.45, 7) is 3.98. The van der Waals surface area contributed by atoms with Crippen LogP contribution in [-0.4, -0.2) is 39.9 Å². The van der Waals surface area contributed by atoms with Gasteiger partial charge in [0.1, 0.15) is 12.3 Å². The van der Waals surface area contributed by atoms with Crippen molar-refractivity contribution in [1.82, 2.24) is 5.43 Å². The van der Waals surface area contributed by atoms with Crippen LogP contribution in [0.5, 0.6) is 5.75 Å². The average molecular weight is 389 g/mol. The number of anilines is 1. The fraction of sp³-hybridized carbons (Fsp3) is 0.263. The number of carbonyl (C=O) groups is 1. The molecule has 0 unspecified atom stereocenters. The van der Waals surface area contributed by atoms with Gasteiger partial charge < -0.3 is 4.74 Å². The monoisotopic (exact) mass is 389 g/mol. The van der Waals surface area contributed by atoms with Gasteiger partial charge in [0.25, 0.3) is 5.91 Å². The van der Waals surface area contributed by atoms with Gasteiger partial charge in [0.2, 0.25) is 10.0 Å². The Balaban J connectivity index is 2.01. The highest BCUT2D eigenvalue weighted by atomic mass is 32.2. The number of rotatable bonds is 8. The number of hydrogen-bond acceptors (Lipinski definition) is 5.